The number of rotatable bonds is 4. The summed E-state index contributed by atoms with van der Waals surface area (Å²) in [6, 6.07) is 12.2. The van der Waals surface area contributed by atoms with E-state index in [1.807, 2.05) is 18.2 Å². The van der Waals surface area contributed by atoms with Gasteiger partial charge in [-0.1, -0.05) is 12.1 Å². The smallest absolute Gasteiger partial charge is 0.133 e. The Kier molecular flexibility index (Phi) is 4.77. The summed E-state index contributed by atoms with van der Waals surface area (Å²) >= 11 is 5.30. The second kappa shape index (κ2) is 6.35. The van der Waals surface area contributed by atoms with E-state index in [-0.39, 0.29) is 0 Å². The van der Waals surface area contributed by atoms with Crippen LogP contribution < -0.4 is 10.5 Å². The molecule has 100 valence electrons. The molecule has 2 nitrogen and oxygen atoms in total. The summed E-state index contributed by atoms with van der Waals surface area (Å²) in [4.78, 5) is 1.23. The third kappa shape index (κ3) is 3.45. The molecule has 0 fully saturated rings. The van der Waals surface area contributed by atoms with Crippen LogP contribution in [0.15, 0.2) is 45.8 Å². The number of ether oxygens (including phenoxy) is 1. The third-order valence-corrected chi connectivity index (χ3v) is 4.79. The molecular weight excluding hydrogens is 322 g/mol. The zero-order valence-electron chi connectivity index (χ0n) is 10.9. The molecule has 0 saturated carbocycles. The molecule has 2 N–H and O–H groups in total. The Morgan fingerprint density at radius 3 is 2.74 bits per heavy atom. The van der Waals surface area contributed by atoms with E-state index >= 15 is 0 Å². The molecule has 0 radical (unpaired) electrons. The van der Waals surface area contributed by atoms with E-state index in [1.54, 1.807) is 18.9 Å². The van der Waals surface area contributed by atoms with Crippen LogP contribution in [0.3, 0.4) is 0 Å². The molecule has 2 aromatic rings. The van der Waals surface area contributed by atoms with E-state index in [0.29, 0.717) is 0 Å². The molecule has 0 unspecified atom stereocenters. The summed E-state index contributed by atoms with van der Waals surface area (Å²) in [5.41, 5.74) is 9.16. The van der Waals surface area contributed by atoms with Crippen LogP contribution in [0.5, 0.6) is 5.75 Å². The molecule has 0 heterocycles. The van der Waals surface area contributed by atoms with Crippen molar-refractivity contribution >= 4 is 33.4 Å². The zero-order chi connectivity index (χ0) is 13.8. The van der Waals surface area contributed by atoms with Gasteiger partial charge in [0.15, 0.2) is 0 Å². The van der Waals surface area contributed by atoms with Crippen LogP contribution in [-0.4, -0.2) is 7.11 Å². The fraction of sp³-hybridized carbons (Fsp3) is 0.200. The maximum atomic E-state index is 5.91. The number of halogens is 1. The number of nitrogen functional groups attached to an aromatic ring is 1. The summed E-state index contributed by atoms with van der Waals surface area (Å²) in [6.45, 7) is 2.06. The molecule has 0 spiro atoms. The Balaban J connectivity index is 2.10. The Labute approximate surface area is 126 Å². The van der Waals surface area contributed by atoms with Gasteiger partial charge in [-0.2, -0.15) is 0 Å². The summed E-state index contributed by atoms with van der Waals surface area (Å²) in [5.74, 6) is 1.77. The number of anilines is 1. The van der Waals surface area contributed by atoms with Gasteiger partial charge >= 0.3 is 0 Å². The van der Waals surface area contributed by atoms with Gasteiger partial charge in [0.1, 0.15) is 5.75 Å². The standard InChI is InChI=1S/C15H16BrNOS/c1-10-13(17)4-3-5-15(10)19-9-11-6-7-14(18-2)12(16)8-11/h3-8H,9,17H2,1-2H3. The lowest BCUT2D eigenvalue weighted by atomic mass is 10.2. The van der Waals surface area contributed by atoms with Gasteiger partial charge in [0.2, 0.25) is 0 Å². The van der Waals surface area contributed by atoms with Gasteiger partial charge in [-0.05, 0) is 58.2 Å². The van der Waals surface area contributed by atoms with Crippen molar-refractivity contribution in [2.45, 2.75) is 17.6 Å². The van der Waals surface area contributed by atoms with Gasteiger partial charge in [0.25, 0.3) is 0 Å². The average Bonchev–Trinajstić information content (AvgIpc) is 2.40. The molecule has 0 aliphatic carbocycles. The minimum absolute atomic E-state index is 0.848. The number of benzene rings is 2. The SMILES string of the molecule is COc1ccc(CSc2cccc(N)c2C)cc1Br. The highest BCUT2D eigenvalue weighted by atomic mass is 79.9. The lowest BCUT2D eigenvalue weighted by molar-refractivity contribution is 0.412. The molecule has 0 atom stereocenters. The van der Waals surface area contributed by atoms with Gasteiger partial charge < -0.3 is 10.5 Å². The molecule has 0 bridgehead atoms. The van der Waals surface area contributed by atoms with Crippen molar-refractivity contribution in [3.05, 3.63) is 52.0 Å². The summed E-state index contributed by atoms with van der Waals surface area (Å²) in [7, 11) is 1.67. The van der Waals surface area contributed by atoms with Crippen LogP contribution >= 0.6 is 27.7 Å². The van der Waals surface area contributed by atoms with Crippen LogP contribution in [0.4, 0.5) is 5.69 Å². The molecule has 0 aromatic heterocycles. The van der Waals surface area contributed by atoms with E-state index in [1.165, 1.54) is 10.5 Å². The third-order valence-electron chi connectivity index (χ3n) is 2.94. The van der Waals surface area contributed by atoms with Crippen molar-refractivity contribution in [3.8, 4) is 5.75 Å². The first-order valence-electron chi connectivity index (χ1n) is 5.92. The number of thioether (sulfide) groups is 1. The van der Waals surface area contributed by atoms with Crippen LogP contribution in [-0.2, 0) is 5.75 Å². The van der Waals surface area contributed by atoms with E-state index in [4.69, 9.17) is 10.5 Å². The van der Waals surface area contributed by atoms with Crippen molar-refractivity contribution in [1.82, 2.24) is 0 Å². The normalized spacial score (nSPS) is 10.5. The maximum Gasteiger partial charge on any atom is 0.133 e. The fourth-order valence-electron chi connectivity index (χ4n) is 1.75. The van der Waals surface area contributed by atoms with Crippen LogP contribution in [0, 0.1) is 6.92 Å². The molecule has 4 heteroatoms. The number of hydrogen-bond donors (Lipinski definition) is 1. The Hall–Kier alpha value is -1.13. The maximum absolute atomic E-state index is 5.91. The molecule has 2 aromatic carbocycles. The first-order valence-corrected chi connectivity index (χ1v) is 7.70. The summed E-state index contributed by atoms with van der Waals surface area (Å²) < 4.78 is 6.21. The number of methoxy groups -OCH3 is 1. The summed E-state index contributed by atoms with van der Waals surface area (Å²) in [5, 5.41) is 0. The topological polar surface area (TPSA) is 35.2 Å². The highest BCUT2D eigenvalue weighted by Crippen LogP contribution is 2.31. The van der Waals surface area contributed by atoms with E-state index in [0.717, 1.165) is 27.2 Å². The van der Waals surface area contributed by atoms with Crippen LogP contribution in [0.25, 0.3) is 0 Å². The van der Waals surface area contributed by atoms with Crippen molar-refractivity contribution in [2.75, 3.05) is 12.8 Å². The Morgan fingerprint density at radius 2 is 2.05 bits per heavy atom. The fourth-order valence-corrected chi connectivity index (χ4v) is 3.35. The van der Waals surface area contributed by atoms with Gasteiger partial charge in [0, 0.05) is 16.3 Å². The average molecular weight is 338 g/mol. The zero-order valence-corrected chi connectivity index (χ0v) is 13.3. The molecular formula is C15H16BrNOS. The van der Waals surface area contributed by atoms with E-state index in [9.17, 15) is 0 Å². The Morgan fingerprint density at radius 1 is 1.26 bits per heavy atom. The van der Waals surface area contributed by atoms with Crippen molar-refractivity contribution in [3.63, 3.8) is 0 Å². The monoisotopic (exact) mass is 337 g/mol. The first-order chi connectivity index (χ1) is 9.11. The van der Waals surface area contributed by atoms with E-state index in [2.05, 4.69) is 41.1 Å². The molecule has 0 aliphatic heterocycles. The van der Waals surface area contributed by atoms with Gasteiger partial charge in [-0.3, -0.25) is 0 Å². The molecule has 2 rings (SSSR count). The second-order valence-corrected chi connectivity index (χ2v) is 6.10. The number of hydrogen-bond acceptors (Lipinski definition) is 3. The highest BCUT2D eigenvalue weighted by molar-refractivity contribution is 9.10. The van der Waals surface area contributed by atoms with Crippen molar-refractivity contribution < 1.29 is 4.74 Å². The lowest BCUT2D eigenvalue weighted by Crippen LogP contribution is -1.91. The molecule has 0 aliphatic rings. The van der Waals surface area contributed by atoms with Gasteiger partial charge in [-0.25, -0.2) is 0 Å². The van der Waals surface area contributed by atoms with Gasteiger partial charge in [0.05, 0.1) is 11.6 Å². The molecule has 0 saturated heterocycles. The largest absolute Gasteiger partial charge is 0.496 e. The predicted octanol–water partition coefficient (Wildman–Crippen LogP) is 4.64. The van der Waals surface area contributed by atoms with Crippen LogP contribution in [0.1, 0.15) is 11.1 Å². The van der Waals surface area contributed by atoms with Gasteiger partial charge in [-0.15, -0.1) is 11.8 Å². The Bertz CT molecular complexity index is 586. The van der Waals surface area contributed by atoms with Crippen molar-refractivity contribution in [1.29, 1.82) is 0 Å². The predicted molar refractivity (Wildman–Crippen MR) is 85.8 cm³/mol. The number of nitrogens with two attached hydrogens (primary N) is 1. The summed E-state index contributed by atoms with van der Waals surface area (Å²) in [6.07, 6.45) is 0. The first kappa shape index (κ1) is 14.3. The molecule has 19 heavy (non-hydrogen) atoms. The molecule has 0 amide bonds. The lowest BCUT2D eigenvalue weighted by Gasteiger charge is -2.09. The quantitative estimate of drug-likeness (QED) is 0.651. The van der Waals surface area contributed by atoms with Crippen LogP contribution in [0.2, 0.25) is 0 Å². The minimum atomic E-state index is 0.848. The van der Waals surface area contributed by atoms with E-state index < -0.39 is 0 Å². The van der Waals surface area contributed by atoms with Crippen molar-refractivity contribution in [2.24, 2.45) is 0 Å². The minimum Gasteiger partial charge on any atom is -0.496 e. The highest BCUT2D eigenvalue weighted by Gasteiger charge is 2.05. The second-order valence-electron chi connectivity index (χ2n) is 4.23.